The topological polar surface area (TPSA) is 56.1 Å². The Kier molecular flexibility index (Phi) is 3.56. The van der Waals surface area contributed by atoms with Crippen LogP contribution < -0.4 is 10.9 Å². The molecule has 0 bridgehead atoms. The van der Waals surface area contributed by atoms with Crippen LogP contribution in [-0.4, -0.2) is 28.8 Å². The smallest absolute Gasteiger partial charge is 0.293 e. The summed E-state index contributed by atoms with van der Waals surface area (Å²) in [5.74, 6) is 0.430. The first-order valence-electron chi connectivity index (χ1n) is 5.71. The van der Waals surface area contributed by atoms with Crippen molar-refractivity contribution >= 4 is 5.82 Å². The van der Waals surface area contributed by atoms with E-state index in [2.05, 4.69) is 10.3 Å². The average molecular weight is 223 g/mol. The van der Waals surface area contributed by atoms with Crippen LogP contribution in [-0.2, 0) is 11.3 Å². The van der Waals surface area contributed by atoms with Crippen molar-refractivity contribution in [3.63, 3.8) is 0 Å². The summed E-state index contributed by atoms with van der Waals surface area (Å²) >= 11 is 0. The van der Waals surface area contributed by atoms with Crippen LogP contribution in [0, 0.1) is 0 Å². The van der Waals surface area contributed by atoms with Crippen LogP contribution in [0.5, 0.6) is 0 Å². The summed E-state index contributed by atoms with van der Waals surface area (Å²) in [5, 5.41) is 3.15. The number of nitrogens with zero attached hydrogens (tertiary/aromatic N) is 2. The summed E-state index contributed by atoms with van der Waals surface area (Å²) in [6.07, 6.45) is 5.41. The van der Waals surface area contributed by atoms with Crippen molar-refractivity contribution in [3.8, 4) is 0 Å². The van der Waals surface area contributed by atoms with Gasteiger partial charge in [0.15, 0.2) is 5.82 Å². The second kappa shape index (κ2) is 5.12. The first-order chi connectivity index (χ1) is 7.81. The van der Waals surface area contributed by atoms with E-state index in [1.807, 2.05) is 6.92 Å². The highest BCUT2D eigenvalue weighted by atomic mass is 16.5. The van der Waals surface area contributed by atoms with Gasteiger partial charge in [0.1, 0.15) is 0 Å². The molecule has 88 valence electrons. The van der Waals surface area contributed by atoms with Crippen molar-refractivity contribution < 1.29 is 4.74 Å². The second-order valence-electron chi connectivity index (χ2n) is 3.93. The quantitative estimate of drug-likeness (QED) is 0.825. The number of nitrogens with one attached hydrogen (secondary N) is 1. The van der Waals surface area contributed by atoms with E-state index in [0.717, 1.165) is 19.4 Å². The molecule has 0 aromatic carbocycles. The van der Waals surface area contributed by atoms with E-state index in [1.165, 1.54) is 0 Å². The van der Waals surface area contributed by atoms with Crippen LogP contribution in [0.15, 0.2) is 17.2 Å². The van der Waals surface area contributed by atoms with Gasteiger partial charge in [-0.3, -0.25) is 4.79 Å². The zero-order valence-electron chi connectivity index (χ0n) is 9.48. The molecule has 1 saturated heterocycles. The molecule has 0 spiro atoms. The summed E-state index contributed by atoms with van der Waals surface area (Å²) < 4.78 is 6.99. The molecule has 2 heterocycles. The fourth-order valence-corrected chi connectivity index (χ4v) is 1.84. The fourth-order valence-electron chi connectivity index (χ4n) is 1.84. The third-order valence-electron chi connectivity index (χ3n) is 2.76. The van der Waals surface area contributed by atoms with Crippen LogP contribution in [0.25, 0.3) is 0 Å². The molecule has 1 atom stereocenters. The van der Waals surface area contributed by atoms with Gasteiger partial charge in [-0.15, -0.1) is 0 Å². The fraction of sp³-hybridized carbons (Fsp3) is 0.636. The zero-order chi connectivity index (χ0) is 11.4. The Hall–Kier alpha value is -1.36. The van der Waals surface area contributed by atoms with E-state index in [4.69, 9.17) is 4.74 Å². The van der Waals surface area contributed by atoms with Crippen molar-refractivity contribution in [1.82, 2.24) is 9.55 Å². The minimum atomic E-state index is -0.0597. The van der Waals surface area contributed by atoms with Crippen molar-refractivity contribution in [2.45, 2.75) is 32.4 Å². The van der Waals surface area contributed by atoms with Gasteiger partial charge >= 0.3 is 0 Å². The molecule has 1 fully saturated rings. The second-order valence-corrected chi connectivity index (χ2v) is 3.93. The van der Waals surface area contributed by atoms with Crippen molar-refractivity contribution in [3.05, 3.63) is 22.7 Å². The van der Waals surface area contributed by atoms with Gasteiger partial charge in [0.05, 0.1) is 12.6 Å². The zero-order valence-corrected chi connectivity index (χ0v) is 9.48. The van der Waals surface area contributed by atoms with Gasteiger partial charge in [0.2, 0.25) is 0 Å². The highest BCUT2D eigenvalue weighted by molar-refractivity contribution is 5.32. The predicted octanol–water partition coefficient (Wildman–Crippen LogP) is 0.854. The Morgan fingerprint density at radius 2 is 2.56 bits per heavy atom. The third-order valence-corrected chi connectivity index (χ3v) is 2.76. The van der Waals surface area contributed by atoms with Crippen molar-refractivity contribution in [2.75, 3.05) is 18.5 Å². The number of anilines is 1. The van der Waals surface area contributed by atoms with E-state index in [0.29, 0.717) is 19.0 Å². The van der Waals surface area contributed by atoms with Gasteiger partial charge in [0, 0.05) is 25.5 Å². The monoisotopic (exact) mass is 223 g/mol. The number of hydrogen-bond acceptors (Lipinski definition) is 4. The summed E-state index contributed by atoms with van der Waals surface area (Å²) in [7, 11) is 0. The molecular weight excluding hydrogens is 206 g/mol. The maximum absolute atomic E-state index is 11.9. The lowest BCUT2D eigenvalue weighted by Gasteiger charge is -2.23. The van der Waals surface area contributed by atoms with Crippen LogP contribution >= 0.6 is 0 Å². The highest BCUT2D eigenvalue weighted by Gasteiger charge is 2.15. The SMILES string of the molecule is CCn1ccnc(NC2CCCOC2)c1=O. The molecule has 1 unspecified atom stereocenters. The summed E-state index contributed by atoms with van der Waals surface area (Å²) in [4.78, 5) is 16.0. The number of rotatable bonds is 3. The Balaban J connectivity index is 2.11. The predicted molar refractivity (Wildman–Crippen MR) is 61.6 cm³/mol. The lowest BCUT2D eigenvalue weighted by atomic mass is 10.1. The summed E-state index contributed by atoms with van der Waals surface area (Å²) in [6, 6.07) is 0.210. The van der Waals surface area contributed by atoms with Gasteiger partial charge in [-0.05, 0) is 19.8 Å². The van der Waals surface area contributed by atoms with Gasteiger partial charge in [-0.1, -0.05) is 0 Å². The molecule has 16 heavy (non-hydrogen) atoms. The standard InChI is InChI=1S/C11H17N3O2/c1-2-14-6-5-12-10(11(14)15)13-9-4-3-7-16-8-9/h5-6,9H,2-4,7-8H2,1H3,(H,12,13). The average Bonchev–Trinajstić information content (AvgIpc) is 2.33. The maximum Gasteiger partial charge on any atom is 0.293 e. The first-order valence-corrected chi connectivity index (χ1v) is 5.71. The molecule has 1 N–H and O–H groups in total. The van der Waals surface area contributed by atoms with E-state index in [-0.39, 0.29) is 11.6 Å². The molecule has 5 nitrogen and oxygen atoms in total. The molecule has 0 radical (unpaired) electrons. The van der Waals surface area contributed by atoms with Crippen LogP contribution in [0.2, 0.25) is 0 Å². The summed E-state index contributed by atoms with van der Waals surface area (Å²) in [6.45, 7) is 4.08. The lowest BCUT2D eigenvalue weighted by Crippen LogP contribution is -2.34. The molecule has 1 aromatic heterocycles. The minimum absolute atomic E-state index is 0.0597. The molecule has 0 saturated carbocycles. The Labute approximate surface area is 94.5 Å². The van der Waals surface area contributed by atoms with E-state index in [9.17, 15) is 4.79 Å². The number of aryl methyl sites for hydroxylation is 1. The van der Waals surface area contributed by atoms with Crippen molar-refractivity contribution in [2.24, 2.45) is 0 Å². The lowest BCUT2D eigenvalue weighted by molar-refractivity contribution is 0.0874. The summed E-state index contributed by atoms with van der Waals surface area (Å²) in [5.41, 5.74) is -0.0597. The minimum Gasteiger partial charge on any atom is -0.379 e. The van der Waals surface area contributed by atoms with Gasteiger partial charge in [-0.2, -0.15) is 0 Å². The van der Waals surface area contributed by atoms with Crippen LogP contribution in [0.3, 0.4) is 0 Å². The van der Waals surface area contributed by atoms with Crippen LogP contribution in [0.1, 0.15) is 19.8 Å². The molecule has 1 aliphatic heterocycles. The van der Waals surface area contributed by atoms with Gasteiger partial charge in [0.25, 0.3) is 5.56 Å². The maximum atomic E-state index is 11.9. The Morgan fingerprint density at radius 1 is 1.69 bits per heavy atom. The largest absolute Gasteiger partial charge is 0.379 e. The van der Waals surface area contributed by atoms with Gasteiger partial charge < -0.3 is 14.6 Å². The van der Waals surface area contributed by atoms with Crippen molar-refractivity contribution in [1.29, 1.82) is 0 Å². The molecule has 1 aromatic rings. The number of hydrogen-bond donors (Lipinski definition) is 1. The molecule has 1 aliphatic rings. The Morgan fingerprint density at radius 3 is 3.25 bits per heavy atom. The number of aromatic nitrogens is 2. The Bertz CT molecular complexity index is 396. The number of ether oxygens (including phenoxy) is 1. The first kappa shape index (κ1) is 11.1. The highest BCUT2D eigenvalue weighted by Crippen LogP contribution is 2.09. The molecular formula is C11H17N3O2. The normalized spacial score (nSPS) is 20.7. The van der Waals surface area contributed by atoms with Crippen LogP contribution in [0.4, 0.5) is 5.82 Å². The molecule has 5 heteroatoms. The molecule has 2 rings (SSSR count). The van der Waals surface area contributed by atoms with E-state index in [1.54, 1.807) is 17.0 Å². The molecule has 0 aliphatic carbocycles. The third kappa shape index (κ3) is 2.41. The van der Waals surface area contributed by atoms with E-state index < -0.39 is 0 Å². The van der Waals surface area contributed by atoms with Gasteiger partial charge in [-0.25, -0.2) is 4.98 Å². The molecule has 0 amide bonds. The van der Waals surface area contributed by atoms with E-state index >= 15 is 0 Å².